The molecule has 2 atom stereocenters. The first-order valence-electron chi connectivity index (χ1n) is 11.8. The zero-order valence-electron chi connectivity index (χ0n) is 20.3. The Kier molecular flexibility index (Phi) is 6.12. The van der Waals surface area contributed by atoms with Crippen LogP contribution in [-0.4, -0.2) is 28.8 Å². The van der Waals surface area contributed by atoms with Gasteiger partial charge in [-0.25, -0.2) is 13.5 Å². The number of ether oxygens (including phenoxy) is 2. The molecule has 1 aromatic heterocycles. The number of methoxy groups -OCH3 is 1. The first-order chi connectivity index (χ1) is 17.3. The lowest BCUT2D eigenvalue weighted by Crippen LogP contribution is -2.42. The Bertz CT molecular complexity index is 1410. The summed E-state index contributed by atoms with van der Waals surface area (Å²) in [6.45, 7) is 3.77. The third-order valence-electron chi connectivity index (χ3n) is 6.73. The van der Waals surface area contributed by atoms with Crippen LogP contribution in [0.15, 0.2) is 66.9 Å². The summed E-state index contributed by atoms with van der Waals surface area (Å²) in [5, 5.41) is 8.29. The summed E-state index contributed by atoms with van der Waals surface area (Å²) in [5.41, 5.74) is 1.68. The van der Waals surface area contributed by atoms with Crippen LogP contribution in [0.5, 0.6) is 11.5 Å². The van der Waals surface area contributed by atoms with Crippen molar-refractivity contribution in [3.05, 3.63) is 84.1 Å². The molecule has 1 N–H and O–H groups in total. The van der Waals surface area contributed by atoms with E-state index in [0.29, 0.717) is 17.1 Å². The summed E-state index contributed by atoms with van der Waals surface area (Å²) in [6.07, 6.45) is 2.67. The van der Waals surface area contributed by atoms with Gasteiger partial charge in [0.1, 0.15) is 29.2 Å². The highest BCUT2D eigenvalue weighted by Crippen LogP contribution is 2.45. The second-order valence-electron chi connectivity index (χ2n) is 9.50. The monoisotopic (exact) mass is 491 g/mol. The van der Waals surface area contributed by atoms with E-state index in [1.54, 1.807) is 35.1 Å². The fourth-order valence-corrected chi connectivity index (χ4v) is 4.25. The predicted octanol–water partition coefficient (Wildman–Crippen LogP) is 5.74. The lowest BCUT2D eigenvalue weighted by Gasteiger charge is -2.28. The Balaban J connectivity index is 1.47. The van der Waals surface area contributed by atoms with Crippen molar-refractivity contribution >= 4 is 16.8 Å². The van der Waals surface area contributed by atoms with Gasteiger partial charge in [-0.3, -0.25) is 4.79 Å². The maximum atomic E-state index is 14.3. The number of hydrogen-bond donors (Lipinski definition) is 1. The summed E-state index contributed by atoms with van der Waals surface area (Å²) in [7, 11) is 1.51. The van der Waals surface area contributed by atoms with E-state index < -0.39 is 18.0 Å². The number of fused-ring (bicyclic) bond motifs is 1. The van der Waals surface area contributed by atoms with Crippen molar-refractivity contribution in [3.8, 4) is 17.2 Å². The molecule has 0 radical (unpaired) electrons. The van der Waals surface area contributed by atoms with E-state index in [4.69, 9.17) is 9.47 Å². The third kappa shape index (κ3) is 4.63. The average molecular weight is 492 g/mol. The number of carbonyl (C=O) groups excluding carboxylic acids is 1. The predicted molar refractivity (Wildman–Crippen MR) is 132 cm³/mol. The zero-order chi connectivity index (χ0) is 25.4. The van der Waals surface area contributed by atoms with E-state index >= 15 is 0 Å². The minimum absolute atomic E-state index is 0.0463. The number of halogens is 2. The highest BCUT2D eigenvalue weighted by Gasteiger charge is 2.45. The number of hydrogen-bond acceptors (Lipinski definition) is 4. The van der Waals surface area contributed by atoms with Gasteiger partial charge < -0.3 is 14.8 Å². The lowest BCUT2D eigenvalue weighted by molar-refractivity contribution is -0.127. The Morgan fingerprint density at radius 3 is 2.47 bits per heavy atom. The summed E-state index contributed by atoms with van der Waals surface area (Å²) in [6, 6.07) is 15.3. The molecule has 5 rings (SSSR count). The van der Waals surface area contributed by atoms with Crippen molar-refractivity contribution in [1.29, 1.82) is 0 Å². The molecule has 1 aliphatic rings. The molecule has 1 saturated carbocycles. The minimum Gasteiger partial charge on any atom is -0.496 e. The summed E-state index contributed by atoms with van der Waals surface area (Å²) in [4.78, 5) is 12.8. The van der Waals surface area contributed by atoms with Crippen molar-refractivity contribution in [1.82, 2.24) is 15.1 Å². The largest absolute Gasteiger partial charge is 0.496 e. The molecule has 4 aromatic rings. The molecule has 2 unspecified atom stereocenters. The van der Waals surface area contributed by atoms with E-state index in [1.165, 1.54) is 31.4 Å². The maximum absolute atomic E-state index is 14.3. The number of amides is 1. The van der Waals surface area contributed by atoms with Crippen LogP contribution in [0.25, 0.3) is 16.6 Å². The Morgan fingerprint density at radius 2 is 1.78 bits per heavy atom. The second-order valence-corrected chi connectivity index (χ2v) is 9.50. The number of nitrogens with one attached hydrogen (secondary N) is 1. The number of nitrogens with zero attached hydrogens (tertiary/aromatic N) is 2. The van der Waals surface area contributed by atoms with Crippen LogP contribution in [0.1, 0.15) is 38.4 Å². The van der Waals surface area contributed by atoms with Gasteiger partial charge in [0.2, 0.25) is 5.91 Å². The SMILES string of the molecule is COc1ccc(F)cc1C(Oc1ccc2c(cnn2-c2ccc(F)cc2)c1)C(C)NC(=O)C1(C)CC1. The molecular formula is C28H27F2N3O3. The molecule has 1 amide bonds. The van der Waals surface area contributed by atoms with Gasteiger partial charge in [-0.2, -0.15) is 5.10 Å². The number of carbonyl (C=O) groups is 1. The van der Waals surface area contributed by atoms with E-state index in [2.05, 4.69) is 10.4 Å². The third-order valence-corrected chi connectivity index (χ3v) is 6.73. The van der Waals surface area contributed by atoms with Crippen LogP contribution in [0.4, 0.5) is 8.78 Å². The molecule has 1 fully saturated rings. The molecule has 0 spiro atoms. The van der Waals surface area contributed by atoms with E-state index in [9.17, 15) is 13.6 Å². The molecule has 1 aliphatic carbocycles. The minimum atomic E-state index is -0.716. The van der Waals surface area contributed by atoms with Gasteiger partial charge in [0.15, 0.2) is 0 Å². The Morgan fingerprint density at radius 1 is 1.06 bits per heavy atom. The highest BCUT2D eigenvalue weighted by atomic mass is 19.1. The number of rotatable bonds is 8. The molecule has 3 aromatic carbocycles. The number of benzene rings is 3. The summed E-state index contributed by atoms with van der Waals surface area (Å²) in [5.74, 6) is 0.196. The topological polar surface area (TPSA) is 65.4 Å². The molecule has 0 bridgehead atoms. The van der Waals surface area contributed by atoms with Crippen LogP contribution in [0, 0.1) is 17.0 Å². The molecular weight excluding hydrogens is 464 g/mol. The van der Waals surface area contributed by atoms with Gasteiger partial charge in [0, 0.05) is 16.4 Å². The van der Waals surface area contributed by atoms with Crippen LogP contribution in [0.2, 0.25) is 0 Å². The standard InChI is InChI=1S/C28H27F2N3O3/c1-17(32-27(34)28(2)12-13-28)26(23-15-20(30)6-11-25(23)35-3)36-22-9-10-24-18(14-22)16-31-33(24)21-7-4-19(29)5-8-21/h4-11,14-17,26H,12-13H2,1-3H3,(H,32,34). The van der Waals surface area contributed by atoms with Gasteiger partial charge in [-0.15, -0.1) is 0 Å². The maximum Gasteiger partial charge on any atom is 0.226 e. The van der Waals surface area contributed by atoms with Crippen LogP contribution in [-0.2, 0) is 4.79 Å². The molecule has 1 heterocycles. The molecule has 186 valence electrons. The van der Waals surface area contributed by atoms with E-state index in [-0.39, 0.29) is 17.1 Å². The van der Waals surface area contributed by atoms with Crippen molar-refractivity contribution in [2.45, 2.75) is 38.8 Å². The fourth-order valence-electron chi connectivity index (χ4n) is 4.25. The van der Waals surface area contributed by atoms with Crippen molar-refractivity contribution < 1.29 is 23.0 Å². The van der Waals surface area contributed by atoms with Gasteiger partial charge in [0.25, 0.3) is 0 Å². The lowest BCUT2D eigenvalue weighted by atomic mass is 10.00. The van der Waals surface area contributed by atoms with Crippen LogP contribution < -0.4 is 14.8 Å². The quantitative estimate of drug-likeness (QED) is 0.342. The molecule has 0 saturated heterocycles. The Labute approximate surface area is 207 Å². The highest BCUT2D eigenvalue weighted by molar-refractivity contribution is 5.85. The summed E-state index contributed by atoms with van der Waals surface area (Å²) < 4.78 is 41.2. The zero-order valence-corrected chi connectivity index (χ0v) is 20.3. The first kappa shape index (κ1) is 23.8. The van der Waals surface area contributed by atoms with Crippen molar-refractivity contribution in [2.24, 2.45) is 5.41 Å². The second kappa shape index (κ2) is 9.26. The Hall–Kier alpha value is -3.94. The van der Waals surface area contributed by atoms with Crippen molar-refractivity contribution in [2.75, 3.05) is 7.11 Å². The molecule has 0 aliphatic heterocycles. The normalized spacial score (nSPS) is 15.8. The van der Waals surface area contributed by atoms with Crippen molar-refractivity contribution in [3.63, 3.8) is 0 Å². The van der Waals surface area contributed by atoms with Crippen LogP contribution in [0.3, 0.4) is 0 Å². The van der Waals surface area contributed by atoms with E-state index in [1.807, 2.05) is 26.0 Å². The van der Waals surface area contributed by atoms with Gasteiger partial charge in [0.05, 0.1) is 30.6 Å². The summed E-state index contributed by atoms with van der Waals surface area (Å²) >= 11 is 0. The van der Waals surface area contributed by atoms with E-state index in [0.717, 1.165) is 29.4 Å². The van der Waals surface area contributed by atoms with Gasteiger partial charge in [-0.1, -0.05) is 6.92 Å². The van der Waals surface area contributed by atoms with Gasteiger partial charge >= 0.3 is 0 Å². The molecule has 6 nitrogen and oxygen atoms in total. The smallest absolute Gasteiger partial charge is 0.226 e. The average Bonchev–Trinajstić information content (AvgIpc) is 3.49. The fraction of sp³-hybridized carbons (Fsp3) is 0.286. The number of aromatic nitrogens is 2. The van der Waals surface area contributed by atoms with Crippen LogP contribution >= 0.6 is 0 Å². The molecule has 36 heavy (non-hydrogen) atoms. The first-order valence-corrected chi connectivity index (χ1v) is 11.8. The van der Waals surface area contributed by atoms with Gasteiger partial charge in [-0.05, 0) is 80.4 Å². The molecule has 8 heteroatoms.